The number of guanidine groups is 1. The lowest BCUT2D eigenvalue weighted by Gasteiger charge is -2.30. The molecule has 6 heteroatoms. The van der Waals surface area contributed by atoms with Crippen molar-refractivity contribution in [2.45, 2.75) is 51.5 Å². The Labute approximate surface area is 141 Å². The second-order valence-corrected chi connectivity index (χ2v) is 6.52. The van der Waals surface area contributed by atoms with Crippen LogP contribution in [0.3, 0.4) is 0 Å². The van der Waals surface area contributed by atoms with Gasteiger partial charge in [0, 0.05) is 33.8 Å². The first-order valence-corrected chi connectivity index (χ1v) is 8.80. The smallest absolute Gasteiger partial charge is 0.243 e. The summed E-state index contributed by atoms with van der Waals surface area (Å²) in [5.74, 6) is 1.61. The number of aliphatic imine (C=N–C) groups is 1. The molecule has 0 aromatic rings. The lowest BCUT2D eigenvalue weighted by molar-refractivity contribution is -0.127. The molecule has 0 radical (unpaired) electrons. The Morgan fingerprint density at radius 3 is 2.52 bits per heavy atom. The molecule has 0 bridgehead atoms. The van der Waals surface area contributed by atoms with Crippen LogP contribution < -0.4 is 10.6 Å². The van der Waals surface area contributed by atoms with Crippen LogP contribution in [0.25, 0.3) is 0 Å². The molecule has 0 aromatic heterocycles. The van der Waals surface area contributed by atoms with Gasteiger partial charge in [-0.3, -0.25) is 4.79 Å². The molecule has 0 atom stereocenters. The number of hydrogen-bond donors (Lipinski definition) is 2. The minimum atomic E-state index is 0.00416. The van der Waals surface area contributed by atoms with Gasteiger partial charge in [0.05, 0.1) is 6.61 Å². The SMILES string of the molecule is CCCC1CCC(NC(=NCC(=O)N(C)C)NCCOC)CC1. The average molecular weight is 326 g/mol. The lowest BCUT2D eigenvalue weighted by atomic mass is 9.83. The molecule has 1 aliphatic rings. The van der Waals surface area contributed by atoms with Crippen LogP contribution in [0, 0.1) is 5.92 Å². The molecule has 2 N–H and O–H groups in total. The van der Waals surface area contributed by atoms with E-state index in [0.717, 1.165) is 11.9 Å². The Hall–Kier alpha value is -1.30. The van der Waals surface area contributed by atoms with Gasteiger partial charge < -0.3 is 20.3 Å². The van der Waals surface area contributed by atoms with Gasteiger partial charge in [-0.2, -0.15) is 0 Å². The van der Waals surface area contributed by atoms with Gasteiger partial charge in [-0.25, -0.2) is 4.99 Å². The van der Waals surface area contributed by atoms with Crippen LogP contribution in [-0.2, 0) is 9.53 Å². The molecular formula is C17H34N4O2. The summed E-state index contributed by atoms with van der Waals surface area (Å²) in [5, 5.41) is 6.73. The third-order valence-electron chi connectivity index (χ3n) is 4.35. The summed E-state index contributed by atoms with van der Waals surface area (Å²) in [6.07, 6.45) is 7.55. The van der Waals surface area contributed by atoms with E-state index in [4.69, 9.17) is 4.74 Å². The van der Waals surface area contributed by atoms with E-state index in [1.807, 2.05) is 0 Å². The third kappa shape index (κ3) is 8.21. The summed E-state index contributed by atoms with van der Waals surface area (Å²) >= 11 is 0. The molecular weight excluding hydrogens is 292 g/mol. The average Bonchev–Trinajstić information content (AvgIpc) is 2.54. The van der Waals surface area contributed by atoms with E-state index in [1.54, 1.807) is 26.1 Å². The molecule has 0 unspecified atom stereocenters. The second kappa shape index (κ2) is 11.3. The van der Waals surface area contributed by atoms with Crippen LogP contribution >= 0.6 is 0 Å². The molecule has 0 aromatic carbocycles. The first-order valence-electron chi connectivity index (χ1n) is 8.80. The van der Waals surface area contributed by atoms with Crippen LogP contribution in [-0.4, -0.2) is 63.7 Å². The van der Waals surface area contributed by atoms with Gasteiger partial charge in [0.2, 0.25) is 5.91 Å². The standard InChI is InChI=1S/C17H34N4O2/c1-5-6-14-7-9-15(10-8-14)20-17(18-11-12-23-4)19-13-16(22)21(2)3/h14-15H,5-13H2,1-4H3,(H2,18,19,20). The molecule has 134 valence electrons. The summed E-state index contributed by atoms with van der Waals surface area (Å²) in [7, 11) is 5.17. The van der Waals surface area contributed by atoms with Crippen molar-refractivity contribution in [2.75, 3.05) is 40.9 Å². The lowest BCUT2D eigenvalue weighted by Crippen LogP contribution is -2.46. The van der Waals surface area contributed by atoms with E-state index in [2.05, 4.69) is 22.5 Å². The fourth-order valence-corrected chi connectivity index (χ4v) is 2.91. The van der Waals surface area contributed by atoms with Gasteiger partial charge in [0.15, 0.2) is 5.96 Å². The molecule has 1 saturated carbocycles. The van der Waals surface area contributed by atoms with Crippen molar-refractivity contribution in [3.8, 4) is 0 Å². The van der Waals surface area contributed by atoms with Crippen molar-refractivity contribution in [1.29, 1.82) is 0 Å². The van der Waals surface area contributed by atoms with E-state index < -0.39 is 0 Å². The number of methoxy groups -OCH3 is 1. The number of nitrogens with zero attached hydrogens (tertiary/aromatic N) is 2. The third-order valence-corrected chi connectivity index (χ3v) is 4.35. The highest BCUT2D eigenvalue weighted by molar-refractivity contribution is 5.84. The van der Waals surface area contributed by atoms with Gasteiger partial charge in [-0.15, -0.1) is 0 Å². The largest absolute Gasteiger partial charge is 0.383 e. The molecule has 0 saturated heterocycles. The Balaban J connectivity index is 2.48. The molecule has 1 aliphatic carbocycles. The van der Waals surface area contributed by atoms with Crippen molar-refractivity contribution >= 4 is 11.9 Å². The molecule has 0 aliphatic heterocycles. The van der Waals surface area contributed by atoms with Crippen molar-refractivity contribution in [3.05, 3.63) is 0 Å². The van der Waals surface area contributed by atoms with Crippen molar-refractivity contribution in [3.63, 3.8) is 0 Å². The highest BCUT2D eigenvalue weighted by atomic mass is 16.5. The minimum absolute atomic E-state index is 0.00416. The first kappa shape index (κ1) is 19.7. The Morgan fingerprint density at radius 1 is 1.26 bits per heavy atom. The summed E-state index contributed by atoms with van der Waals surface area (Å²) in [5.41, 5.74) is 0. The van der Waals surface area contributed by atoms with E-state index in [-0.39, 0.29) is 12.5 Å². The zero-order valence-electron chi connectivity index (χ0n) is 15.2. The normalized spacial score (nSPS) is 21.8. The molecule has 23 heavy (non-hydrogen) atoms. The summed E-state index contributed by atoms with van der Waals surface area (Å²) in [6, 6.07) is 0.450. The topological polar surface area (TPSA) is 66.0 Å². The fraction of sp³-hybridized carbons (Fsp3) is 0.882. The van der Waals surface area contributed by atoms with Gasteiger partial charge in [0.25, 0.3) is 0 Å². The monoisotopic (exact) mass is 326 g/mol. The highest BCUT2D eigenvalue weighted by Gasteiger charge is 2.21. The predicted octanol–water partition coefficient (Wildman–Crippen LogP) is 1.62. The minimum Gasteiger partial charge on any atom is -0.383 e. The molecule has 1 rings (SSSR count). The Kier molecular flexibility index (Phi) is 9.67. The van der Waals surface area contributed by atoms with Gasteiger partial charge >= 0.3 is 0 Å². The number of carbonyl (C=O) groups excluding carboxylic acids is 1. The van der Waals surface area contributed by atoms with E-state index in [1.165, 1.54) is 38.5 Å². The zero-order valence-corrected chi connectivity index (χ0v) is 15.2. The number of ether oxygens (including phenoxy) is 1. The van der Waals surface area contributed by atoms with Crippen LogP contribution in [0.1, 0.15) is 45.4 Å². The van der Waals surface area contributed by atoms with E-state index >= 15 is 0 Å². The van der Waals surface area contributed by atoms with Gasteiger partial charge in [-0.1, -0.05) is 19.8 Å². The predicted molar refractivity (Wildman–Crippen MR) is 94.7 cm³/mol. The molecule has 0 heterocycles. The summed E-state index contributed by atoms with van der Waals surface area (Å²) < 4.78 is 5.07. The van der Waals surface area contributed by atoms with Crippen LogP contribution in [0.4, 0.5) is 0 Å². The number of amides is 1. The van der Waals surface area contributed by atoms with Crippen LogP contribution in [0.2, 0.25) is 0 Å². The Morgan fingerprint density at radius 2 is 1.96 bits per heavy atom. The maximum absolute atomic E-state index is 11.7. The maximum atomic E-state index is 11.7. The maximum Gasteiger partial charge on any atom is 0.243 e. The van der Waals surface area contributed by atoms with Crippen molar-refractivity contribution in [2.24, 2.45) is 10.9 Å². The number of carbonyl (C=O) groups is 1. The molecule has 6 nitrogen and oxygen atoms in total. The van der Waals surface area contributed by atoms with Gasteiger partial charge in [0.1, 0.15) is 6.54 Å². The number of likely N-dealkylation sites (N-methyl/N-ethyl adjacent to an activating group) is 1. The number of nitrogens with one attached hydrogen (secondary N) is 2. The van der Waals surface area contributed by atoms with Crippen molar-refractivity contribution in [1.82, 2.24) is 15.5 Å². The molecule has 0 spiro atoms. The molecule has 1 fully saturated rings. The second-order valence-electron chi connectivity index (χ2n) is 6.52. The molecule has 1 amide bonds. The fourth-order valence-electron chi connectivity index (χ4n) is 2.91. The van der Waals surface area contributed by atoms with E-state index in [0.29, 0.717) is 19.2 Å². The van der Waals surface area contributed by atoms with Crippen LogP contribution in [0.5, 0.6) is 0 Å². The van der Waals surface area contributed by atoms with Gasteiger partial charge in [-0.05, 0) is 31.6 Å². The number of rotatable bonds is 8. The first-order chi connectivity index (χ1) is 11.1. The summed E-state index contributed by atoms with van der Waals surface area (Å²) in [4.78, 5) is 17.7. The van der Waals surface area contributed by atoms with E-state index in [9.17, 15) is 4.79 Å². The number of hydrogen-bond acceptors (Lipinski definition) is 3. The van der Waals surface area contributed by atoms with Crippen molar-refractivity contribution < 1.29 is 9.53 Å². The Bertz CT molecular complexity index is 364. The quantitative estimate of drug-likeness (QED) is 0.404. The summed E-state index contributed by atoms with van der Waals surface area (Å²) in [6.45, 7) is 3.73. The van der Waals surface area contributed by atoms with Crippen LogP contribution in [0.15, 0.2) is 4.99 Å². The zero-order chi connectivity index (χ0) is 17.1. The highest BCUT2D eigenvalue weighted by Crippen LogP contribution is 2.27.